The first kappa shape index (κ1) is 19.6. The van der Waals surface area contributed by atoms with Gasteiger partial charge in [0, 0.05) is 27.9 Å². The number of nitrogens with one attached hydrogen (secondary N) is 1. The normalized spacial score (nSPS) is 10.7. The number of halogens is 1. The Hall–Kier alpha value is -3.18. The topological polar surface area (TPSA) is 72.2 Å². The Morgan fingerprint density at radius 1 is 1.04 bits per heavy atom. The summed E-state index contributed by atoms with van der Waals surface area (Å²) in [7, 11) is 0. The van der Waals surface area contributed by atoms with Gasteiger partial charge < -0.3 is 5.32 Å². The van der Waals surface area contributed by atoms with Crippen LogP contribution in [-0.2, 0) is 0 Å². The zero-order valence-electron chi connectivity index (χ0n) is 15.5. The predicted molar refractivity (Wildman–Crippen MR) is 112 cm³/mol. The van der Waals surface area contributed by atoms with E-state index in [9.17, 15) is 14.9 Å². The van der Waals surface area contributed by atoms with Crippen molar-refractivity contribution in [1.29, 1.82) is 0 Å². The second-order valence-corrected chi connectivity index (χ2v) is 7.13. The molecule has 0 saturated carbocycles. The second kappa shape index (κ2) is 8.23. The number of nitro benzene ring substituents is 1. The number of carbonyl (C=O) groups is 1. The zero-order chi connectivity index (χ0) is 20.3. The van der Waals surface area contributed by atoms with E-state index >= 15 is 0 Å². The number of hydrogen-bond acceptors (Lipinski definition) is 4. The van der Waals surface area contributed by atoms with Crippen molar-refractivity contribution in [3.8, 4) is 0 Å². The molecule has 0 aromatic heterocycles. The van der Waals surface area contributed by atoms with Crippen LogP contribution < -0.4 is 5.32 Å². The molecule has 5 nitrogen and oxygen atoms in total. The van der Waals surface area contributed by atoms with Crippen LogP contribution in [0.2, 0.25) is 5.02 Å². The third-order valence-electron chi connectivity index (χ3n) is 4.41. The maximum atomic E-state index is 12.9. The molecule has 3 aromatic rings. The van der Waals surface area contributed by atoms with Gasteiger partial charge in [-0.15, -0.1) is 0 Å². The Morgan fingerprint density at radius 3 is 2.36 bits per heavy atom. The lowest BCUT2D eigenvalue weighted by Gasteiger charge is -2.13. The summed E-state index contributed by atoms with van der Waals surface area (Å²) in [5.41, 5.74) is 3.11. The summed E-state index contributed by atoms with van der Waals surface area (Å²) >= 11 is 6.08. The van der Waals surface area contributed by atoms with Gasteiger partial charge in [-0.05, 0) is 60.0 Å². The van der Waals surface area contributed by atoms with Crippen molar-refractivity contribution >= 4 is 34.4 Å². The van der Waals surface area contributed by atoms with Crippen molar-refractivity contribution in [1.82, 2.24) is 0 Å². The van der Waals surface area contributed by atoms with Gasteiger partial charge in [0.25, 0.3) is 5.69 Å². The lowest BCUT2D eigenvalue weighted by molar-refractivity contribution is -0.383. The van der Waals surface area contributed by atoms with E-state index in [2.05, 4.69) is 5.32 Å². The van der Waals surface area contributed by atoms with Crippen LogP contribution in [0.4, 0.5) is 17.1 Å². The fourth-order valence-corrected chi connectivity index (χ4v) is 3.15. The molecule has 0 heterocycles. The third kappa shape index (κ3) is 4.21. The van der Waals surface area contributed by atoms with E-state index in [1.54, 1.807) is 54.6 Å². The fourth-order valence-electron chi connectivity index (χ4n) is 2.97. The van der Waals surface area contributed by atoms with E-state index in [0.717, 1.165) is 5.56 Å². The Labute approximate surface area is 168 Å². The number of rotatable bonds is 6. The van der Waals surface area contributed by atoms with Crippen molar-refractivity contribution < 1.29 is 9.72 Å². The van der Waals surface area contributed by atoms with Gasteiger partial charge in [-0.3, -0.25) is 14.9 Å². The maximum Gasteiger partial charge on any atom is 0.292 e. The molecule has 0 aliphatic heterocycles. The molecule has 3 rings (SSSR count). The van der Waals surface area contributed by atoms with Crippen LogP contribution >= 0.6 is 11.6 Å². The summed E-state index contributed by atoms with van der Waals surface area (Å²) in [4.78, 5) is 23.6. The smallest absolute Gasteiger partial charge is 0.292 e. The van der Waals surface area contributed by atoms with E-state index in [1.165, 1.54) is 6.07 Å². The van der Waals surface area contributed by atoms with Crippen molar-refractivity contribution in [2.24, 2.45) is 0 Å². The fraction of sp³-hybridized carbons (Fsp3) is 0.136. The van der Waals surface area contributed by atoms with E-state index in [1.807, 2.05) is 19.9 Å². The molecule has 0 bridgehead atoms. The number of nitro groups is 1. The molecule has 0 spiro atoms. The molecular formula is C22H19ClN2O3. The molecule has 0 fully saturated rings. The van der Waals surface area contributed by atoms with Gasteiger partial charge >= 0.3 is 0 Å². The van der Waals surface area contributed by atoms with Gasteiger partial charge in [0.1, 0.15) is 5.69 Å². The van der Waals surface area contributed by atoms with Crippen molar-refractivity contribution in [2.75, 3.05) is 5.32 Å². The molecule has 142 valence electrons. The van der Waals surface area contributed by atoms with Gasteiger partial charge in [-0.1, -0.05) is 37.6 Å². The monoisotopic (exact) mass is 394 g/mol. The molecule has 6 heteroatoms. The number of anilines is 2. The van der Waals surface area contributed by atoms with E-state index in [-0.39, 0.29) is 17.4 Å². The Bertz CT molecular complexity index is 1030. The highest BCUT2D eigenvalue weighted by atomic mass is 35.5. The minimum absolute atomic E-state index is 0.00890. The highest BCUT2D eigenvalue weighted by Gasteiger charge is 2.17. The quantitative estimate of drug-likeness (QED) is 0.300. The van der Waals surface area contributed by atoms with Crippen LogP contribution in [0.5, 0.6) is 0 Å². The lowest BCUT2D eigenvalue weighted by Crippen LogP contribution is -2.07. The Balaban J connectivity index is 1.86. The van der Waals surface area contributed by atoms with Crippen molar-refractivity contribution in [2.45, 2.75) is 19.8 Å². The second-order valence-electron chi connectivity index (χ2n) is 6.69. The van der Waals surface area contributed by atoms with Crippen molar-refractivity contribution in [3.63, 3.8) is 0 Å². The Morgan fingerprint density at radius 2 is 1.71 bits per heavy atom. The van der Waals surface area contributed by atoms with Crippen LogP contribution in [0.1, 0.15) is 41.3 Å². The number of benzene rings is 3. The first-order valence-corrected chi connectivity index (χ1v) is 9.19. The minimum atomic E-state index is -0.436. The SMILES string of the molecule is CC(C)c1cc(Cl)ccc1C(=O)c1ccc(Nc2ccccc2[N+](=O)[O-])cc1. The van der Waals surface area contributed by atoms with Gasteiger partial charge in [-0.2, -0.15) is 0 Å². The summed E-state index contributed by atoms with van der Waals surface area (Å²) in [5, 5.41) is 14.8. The molecular weight excluding hydrogens is 376 g/mol. The number of ketones is 1. The highest BCUT2D eigenvalue weighted by Crippen LogP contribution is 2.28. The maximum absolute atomic E-state index is 12.9. The average molecular weight is 395 g/mol. The number of hydrogen-bond donors (Lipinski definition) is 1. The molecule has 0 atom stereocenters. The standard InChI is InChI=1S/C22H19ClN2O3/c1-14(2)19-13-16(23)9-12-18(19)22(26)15-7-10-17(11-8-15)24-20-5-3-4-6-21(20)25(27)28/h3-14,24H,1-2H3. The molecule has 3 aromatic carbocycles. The van der Waals surface area contributed by atoms with Crippen LogP contribution in [0.15, 0.2) is 66.7 Å². The summed E-state index contributed by atoms with van der Waals surface area (Å²) in [6, 6.07) is 18.6. The van der Waals surface area contributed by atoms with E-state index in [0.29, 0.717) is 27.5 Å². The molecule has 0 aliphatic carbocycles. The largest absolute Gasteiger partial charge is 0.350 e. The van der Waals surface area contributed by atoms with Crippen LogP contribution in [0.25, 0.3) is 0 Å². The third-order valence-corrected chi connectivity index (χ3v) is 4.64. The van der Waals surface area contributed by atoms with Gasteiger partial charge in [0.15, 0.2) is 5.78 Å². The average Bonchev–Trinajstić information content (AvgIpc) is 2.68. The number of para-hydroxylation sites is 2. The summed E-state index contributed by atoms with van der Waals surface area (Å²) in [6.45, 7) is 4.03. The van der Waals surface area contributed by atoms with Crippen LogP contribution in [0, 0.1) is 10.1 Å². The molecule has 0 amide bonds. The molecule has 0 unspecified atom stereocenters. The molecule has 1 N–H and O–H groups in total. The number of nitrogens with zero attached hydrogens (tertiary/aromatic N) is 1. The van der Waals surface area contributed by atoms with Gasteiger partial charge in [-0.25, -0.2) is 0 Å². The first-order valence-electron chi connectivity index (χ1n) is 8.81. The molecule has 0 saturated heterocycles. The lowest BCUT2D eigenvalue weighted by atomic mass is 9.92. The molecule has 0 aliphatic rings. The highest BCUT2D eigenvalue weighted by molar-refractivity contribution is 6.30. The summed E-state index contributed by atoms with van der Waals surface area (Å²) < 4.78 is 0. The zero-order valence-corrected chi connectivity index (χ0v) is 16.2. The predicted octanol–water partition coefficient (Wildman–Crippen LogP) is 6.35. The summed E-state index contributed by atoms with van der Waals surface area (Å²) in [6.07, 6.45) is 0. The molecule has 0 radical (unpaired) electrons. The van der Waals surface area contributed by atoms with Gasteiger partial charge in [0.2, 0.25) is 0 Å². The molecule has 28 heavy (non-hydrogen) atoms. The van der Waals surface area contributed by atoms with Crippen LogP contribution in [-0.4, -0.2) is 10.7 Å². The van der Waals surface area contributed by atoms with E-state index < -0.39 is 4.92 Å². The first-order chi connectivity index (χ1) is 13.4. The Kier molecular flexibility index (Phi) is 5.76. The van der Waals surface area contributed by atoms with Crippen LogP contribution in [0.3, 0.4) is 0 Å². The number of carbonyl (C=O) groups excluding carboxylic acids is 1. The van der Waals surface area contributed by atoms with Gasteiger partial charge in [0.05, 0.1) is 4.92 Å². The summed E-state index contributed by atoms with van der Waals surface area (Å²) in [5.74, 6) is 0.0785. The minimum Gasteiger partial charge on any atom is -0.350 e. The van der Waals surface area contributed by atoms with E-state index in [4.69, 9.17) is 11.6 Å². The van der Waals surface area contributed by atoms with Crippen molar-refractivity contribution in [3.05, 3.63) is 98.6 Å².